The van der Waals surface area contributed by atoms with Gasteiger partial charge in [0.25, 0.3) is 0 Å². The lowest BCUT2D eigenvalue weighted by molar-refractivity contribution is -0.274. The summed E-state index contributed by atoms with van der Waals surface area (Å²) in [6.45, 7) is 0. The van der Waals surface area contributed by atoms with Crippen molar-refractivity contribution in [1.82, 2.24) is 4.98 Å². The first-order chi connectivity index (χ1) is 8.40. The van der Waals surface area contributed by atoms with E-state index >= 15 is 0 Å². The van der Waals surface area contributed by atoms with Crippen LogP contribution in [0.3, 0.4) is 0 Å². The minimum absolute atomic E-state index is 0.0696. The van der Waals surface area contributed by atoms with Crippen molar-refractivity contribution in [3.8, 4) is 11.6 Å². The molecule has 96 valence electrons. The first-order valence-electron chi connectivity index (χ1n) is 4.81. The smallest absolute Gasteiger partial charge is 0.493 e. The Hall–Kier alpha value is -2.25. The summed E-state index contributed by atoms with van der Waals surface area (Å²) < 4.78 is 40.0. The monoisotopic (exact) mass is 259 g/mol. The fourth-order valence-electron chi connectivity index (χ4n) is 1.54. The van der Waals surface area contributed by atoms with E-state index in [0.717, 1.165) is 12.1 Å². The molecular formula is C10H8F3N3O2. The first-order valence-corrected chi connectivity index (χ1v) is 4.81. The molecule has 0 radical (unpaired) electrons. The molecule has 0 spiro atoms. The molecule has 2 N–H and O–H groups in total. The average Bonchev–Trinajstić information content (AvgIpc) is 2.54. The van der Waals surface area contributed by atoms with Crippen LogP contribution in [0.2, 0.25) is 0 Å². The topological polar surface area (TPSA) is 70.0 Å². The number of fused-ring (bicyclic) bond motifs is 1. The molecule has 0 saturated carbocycles. The van der Waals surface area contributed by atoms with Gasteiger partial charge in [-0.05, 0) is 18.2 Å². The quantitative estimate of drug-likeness (QED) is 0.810. The van der Waals surface area contributed by atoms with E-state index in [0.29, 0.717) is 10.9 Å². The highest BCUT2D eigenvalue weighted by Crippen LogP contribution is 2.38. The van der Waals surface area contributed by atoms with Crippen LogP contribution in [-0.2, 0) is 0 Å². The molecule has 1 aromatic carbocycles. The highest BCUT2D eigenvalue weighted by atomic mass is 19.4. The van der Waals surface area contributed by atoms with Crippen molar-refractivity contribution >= 4 is 16.6 Å². The van der Waals surface area contributed by atoms with Crippen molar-refractivity contribution < 1.29 is 23.0 Å². The van der Waals surface area contributed by atoms with Crippen molar-refractivity contribution in [2.75, 3.05) is 7.05 Å². The number of nitrogens with zero attached hydrogens (tertiary/aromatic N) is 2. The van der Waals surface area contributed by atoms with Crippen LogP contribution in [0.4, 0.5) is 18.9 Å². The highest BCUT2D eigenvalue weighted by molar-refractivity contribution is 5.95. The molecular weight excluding hydrogens is 251 g/mol. The number of azo groups is 1. The van der Waals surface area contributed by atoms with Gasteiger partial charge in [-0.1, -0.05) is 0 Å². The van der Waals surface area contributed by atoms with Crippen LogP contribution in [0, 0.1) is 0 Å². The van der Waals surface area contributed by atoms with Gasteiger partial charge in [-0.25, -0.2) is 0 Å². The van der Waals surface area contributed by atoms with Gasteiger partial charge in [0.15, 0.2) is 5.69 Å². The van der Waals surface area contributed by atoms with Gasteiger partial charge < -0.3 is 14.8 Å². The van der Waals surface area contributed by atoms with Gasteiger partial charge >= 0.3 is 6.36 Å². The summed E-state index contributed by atoms with van der Waals surface area (Å²) in [6, 6.07) is 3.62. The molecule has 8 heteroatoms. The lowest BCUT2D eigenvalue weighted by Gasteiger charge is -2.08. The number of ether oxygens (including phenoxy) is 1. The summed E-state index contributed by atoms with van der Waals surface area (Å²) >= 11 is 0. The lowest BCUT2D eigenvalue weighted by atomic mass is 10.2. The third-order valence-corrected chi connectivity index (χ3v) is 2.16. The molecule has 18 heavy (non-hydrogen) atoms. The fraction of sp³-hybridized carbons (Fsp3) is 0.200. The van der Waals surface area contributed by atoms with Crippen LogP contribution in [0.25, 0.3) is 10.9 Å². The second-order valence-corrected chi connectivity index (χ2v) is 3.38. The number of nitrogens with one attached hydrogen (secondary N) is 1. The van der Waals surface area contributed by atoms with Crippen molar-refractivity contribution in [3.63, 3.8) is 0 Å². The number of alkyl halides is 3. The molecule has 0 bridgehead atoms. The second-order valence-electron chi connectivity index (χ2n) is 3.38. The van der Waals surface area contributed by atoms with E-state index in [1.807, 2.05) is 0 Å². The molecule has 0 fully saturated rings. The molecule has 0 unspecified atom stereocenters. The first kappa shape index (κ1) is 12.2. The van der Waals surface area contributed by atoms with Crippen LogP contribution >= 0.6 is 0 Å². The number of aromatic nitrogens is 1. The molecule has 1 heterocycles. The van der Waals surface area contributed by atoms with E-state index in [4.69, 9.17) is 0 Å². The van der Waals surface area contributed by atoms with E-state index in [1.165, 1.54) is 13.1 Å². The molecule has 1 aromatic heterocycles. The largest absolute Gasteiger partial charge is 0.573 e. The van der Waals surface area contributed by atoms with E-state index < -0.39 is 6.36 Å². The molecule has 0 aliphatic carbocycles. The maximum absolute atomic E-state index is 12.1. The summed E-state index contributed by atoms with van der Waals surface area (Å²) in [6.07, 6.45) is -4.77. The van der Waals surface area contributed by atoms with Gasteiger partial charge in [0.2, 0.25) is 5.88 Å². The summed E-state index contributed by atoms with van der Waals surface area (Å²) in [5, 5.41) is 16.9. The van der Waals surface area contributed by atoms with Crippen molar-refractivity contribution in [2.24, 2.45) is 10.2 Å². The van der Waals surface area contributed by atoms with E-state index in [1.54, 1.807) is 0 Å². The van der Waals surface area contributed by atoms with Gasteiger partial charge in [0.05, 0.1) is 5.52 Å². The minimum Gasteiger partial charge on any atom is -0.493 e. The van der Waals surface area contributed by atoms with Crippen molar-refractivity contribution in [3.05, 3.63) is 18.2 Å². The van der Waals surface area contributed by atoms with Gasteiger partial charge in [-0.2, -0.15) is 5.11 Å². The normalized spacial score (nSPS) is 12.4. The predicted octanol–water partition coefficient (Wildman–Crippen LogP) is 3.49. The zero-order chi connectivity index (χ0) is 13.3. The van der Waals surface area contributed by atoms with E-state index in [9.17, 15) is 18.3 Å². The summed E-state index contributed by atoms with van der Waals surface area (Å²) in [4.78, 5) is 2.57. The third kappa shape index (κ3) is 2.36. The van der Waals surface area contributed by atoms with Crippen molar-refractivity contribution in [2.45, 2.75) is 6.36 Å². The lowest BCUT2D eigenvalue weighted by Crippen LogP contribution is -2.16. The van der Waals surface area contributed by atoms with Crippen LogP contribution in [0.15, 0.2) is 28.4 Å². The average molecular weight is 259 g/mol. The highest BCUT2D eigenvalue weighted by Gasteiger charge is 2.31. The maximum Gasteiger partial charge on any atom is 0.573 e. The van der Waals surface area contributed by atoms with Gasteiger partial charge in [-0.3, -0.25) is 0 Å². The van der Waals surface area contributed by atoms with Crippen LogP contribution in [0.1, 0.15) is 0 Å². The SMILES string of the molecule is CN=Nc1c(O)[nH]c2ccc(OC(F)(F)F)cc12. The molecule has 5 nitrogen and oxygen atoms in total. The number of benzene rings is 1. The Labute approximate surface area is 98.9 Å². The number of hydrogen-bond donors (Lipinski definition) is 2. The molecule has 0 saturated heterocycles. The maximum atomic E-state index is 12.1. The molecule has 0 aliphatic rings. The Morgan fingerprint density at radius 3 is 2.67 bits per heavy atom. The summed E-state index contributed by atoms with van der Waals surface area (Å²) in [5.74, 6) is -0.652. The molecule has 2 rings (SSSR count). The van der Waals surface area contributed by atoms with Gasteiger partial charge in [0.1, 0.15) is 5.75 Å². The van der Waals surface area contributed by atoms with Crippen molar-refractivity contribution in [1.29, 1.82) is 0 Å². The Kier molecular flexibility index (Phi) is 2.85. The predicted molar refractivity (Wildman–Crippen MR) is 57.1 cm³/mol. The zero-order valence-corrected chi connectivity index (χ0v) is 9.12. The Morgan fingerprint density at radius 1 is 1.33 bits per heavy atom. The van der Waals surface area contributed by atoms with E-state index in [-0.39, 0.29) is 17.3 Å². The Balaban J connectivity index is 2.52. The molecule has 0 atom stereocenters. The number of aromatic amines is 1. The van der Waals surface area contributed by atoms with E-state index in [2.05, 4.69) is 19.9 Å². The fourth-order valence-corrected chi connectivity index (χ4v) is 1.54. The van der Waals surface area contributed by atoms with Crippen LogP contribution in [0.5, 0.6) is 11.6 Å². The Morgan fingerprint density at radius 2 is 2.06 bits per heavy atom. The number of rotatable bonds is 2. The molecule has 2 aromatic rings. The second kappa shape index (κ2) is 4.21. The van der Waals surface area contributed by atoms with Gasteiger partial charge in [0, 0.05) is 12.4 Å². The third-order valence-electron chi connectivity index (χ3n) is 2.16. The number of aromatic hydroxyl groups is 1. The summed E-state index contributed by atoms with van der Waals surface area (Å²) in [7, 11) is 1.38. The number of H-pyrrole nitrogens is 1. The van der Waals surface area contributed by atoms with Crippen LogP contribution < -0.4 is 4.74 Å². The van der Waals surface area contributed by atoms with Gasteiger partial charge in [-0.15, -0.1) is 18.3 Å². The standard InChI is InChI=1S/C10H8F3N3O2/c1-14-16-8-6-4-5(18-10(11,12)13)2-3-7(6)15-9(8)17/h2-4,15,17H,1H3. The number of halogens is 3. The zero-order valence-electron chi connectivity index (χ0n) is 9.12. The Bertz CT molecular complexity index is 604. The van der Waals surface area contributed by atoms with Crippen LogP contribution in [-0.4, -0.2) is 23.5 Å². The molecule has 0 aliphatic heterocycles. The number of hydrogen-bond acceptors (Lipinski definition) is 4. The minimum atomic E-state index is -4.77. The summed E-state index contributed by atoms with van der Waals surface area (Å²) in [5.41, 5.74) is 0.504. The molecule has 0 amide bonds.